The number of unbranched alkanes of at least 4 members (excludes halogenated alkanes) is 1. The lowest BCUT2D eigenvalue weighted by Crippen LogP contribution is -2.45. The maximum Gasteiger partial charge on any atom is 0.261 e. The van der Waals surface area contributed by atoms with Crippen LogP contribution in [0.1, 0.15) is 60.0 Å². The van der Waals surface area contributed by atoms with Gasteiger partial charge in [0.05, 0.1) is 111 Å². The fourth-order valence-corrected chi connectivity index (χ4v) is 9.05. The molecule has 3 heterocycles. The summed E-state index contributed by atoms with van der Waals surface area (Å²) >= 11 is 0. The predicted molar refractivity (Wildman–Crippen MR) is 257 cm³/mol. The van der Waals surface area contributed by atoms with Crippen LogP contribution in [0.15, 0.2) is 79.0 Å². The van der Waals surface area contributed by atoms with E-state index in [4.69, 9.17) is 43.4 Å². The molecule has 4 amide bonds. The molecule has 0 radical (unpaired) electrons. The smallest absolute Gasteiger partial charge is 0.261 e. The average molecular weight is 958 g/mol. The van der Waals surface area contributed by atoms with Crippen molar-refractivity contribution in [2.75, 3.05) is 106 Å². The highest BCUT2D eigenvalue weighted by Gasteiger charge is 2.39. The van der Waals surface area contributed by atoms with Gasteiger partial charge in [-0.2, -0.15) is 0 Å². The minimum absolute atomic E-state index is 0.000816. The lowest BCUT2D eigenvalue weighted by molar-refractivity contribution is 0.00919. The van der Waals surface area contributed by atoms with Gasteiger partial charge >= 0.3 is 0 Å². The highest BCUT2D eigenvalue weighted by molar-refractivity contribution is 6.33. The van der Waals surface area contributed by atoms with Crippen LogP contribution in [0.25, 0.3) is 43.1 Å². The number of aromatic nitrogens is 3. The van der Waals surface area contributed by atoms with E-state index in [9.17, 15) is 19.2 Å². The van der Waals surface area contributed by atoms with Gasteiger partial charge in [0.15, 0.2) is 0 Å². The van der Waals surface area contributed by atoms with Crippen molar-refractivity contribution in [2.24, 2.45) is 0 Å². The predicted octanol–water partition coefficient (Wildman–Crippen LogP) is 5.07. The molecule has 9 rings (SSSR count). The maximum atomic E-state index is 13.5. The van der Waals surface area contributed by atoms with E-state index in [-0.39, 0.29) is 75.0 Å². The summed E-state index contributed by atoms with van der Waals surface area (Å²) in [5.74, 6) is -0.494. The van der Waals surface area contributed by atoms with Crippen LogP contribution in [-0.2, 0) is 36.6 Å². The summed E-state index contributed by atoms with van der Waals surface area (Å²) in [6.45, 7) is 4.08. The first kappa shape index (κ1) is 48.4. The van der Waals surface area contributed by atoms with Crippen molar-refractivity contribution in [1.82, 2.24) is 24.8 Å². The van der Waals surface area contributed by atoms with Crippen molar-refractivity contribution in [1.29, 1.82) is 0 Å². The molecule has 0 bridgehead atoms. The number of imide groups is 2. The normalized spacial score (nSPS) is 13.6. The molecule has 1 aromatic heterocycles. The van der Waals surface area contributed by atoms with Gasteiger partial charge in [0, 0.05) is 39.2 Å². The van der Waals surface area contributed by atoms with Crippen LogP contribution in [0.5, 0.6) is 11.5 Å². The Bertz CT molecular complexity index is 2860. The summed E-state index contributed by atoms with van der Waals surface area (Å²) in [5.41, 5.74) is 1.85. The Kier molecular flexibility index (Phi) is 15.8. The molecule has 7 aromatic rings. The number of aryl methyl sites for hydroxylation is 1. The Morgan fingerprint density at radius 2 is 0.829 bits per heavy atom. The highest BCUT2D eigenvalue weighted by atomic mass is 16.5. The van der Waals surface area contributed by atoms with Gasteiger partial charge in [-0.1, -0.05) is 29.5 Å². The molecular formula is C52H55N5O13. The van der Waals surface area contributed by atoms with Crippen molar-refractivity contribution in [3.8, 4) is 11.5 Å². The molecular weight excluding hydrogens is 903 g/mol. The minimum atomic E-state index is -0.536. The van der Waals surface area contributed by atoms with Gasteiger partial charge in [-0.15, -0.1) is 5.10 Å². The molecule has 0 fully saturated rings. The summed E-state index contributed by atoms with van der Waals surface area (Å²) in [6.07, 6.45) is 4.50. The van der Waals surface area contributed by atoms with Gasteiger partial charge in [-0.3, -0.25) is 29.0 Å². The van der Waals surface area contributed by atoms with Crippen molar-refractivity contribution < 1.29 is 62.5 Å². The Balaban J connectivity index is 0.631. The van der Waals surface area contributed by atoms with E-state index in [1.807, 2.05) is 6.20 Å². The third-order valence-corrected chi connectivity index (χ3v) is 12.3. The van der Waals surface area contributed by atoms with Crippen molar-refractivity contribution in [2.45, 2.75) is 25.8 Å². The number of benzene rings is 6. The van der Waals surface area contributed by atoms with E-state index in [2.05, 4.69) is 58.8 Å². The molecule has 0 spiro atoms. The molecule has 70 heavy (non-hydrogen) atoms. The number of rotatable bonds is 29. The van der Waals surface area contributed by atoms with Crippen LogP contribution in [-0.4, -0.2) is 164 Å². The number of amides is 4. The largest absolute Gasteiger partial charge is 0.494 e. The van der Waals surface area contributed by atoms with Crippen LogP contribution in [0, 0.1) is 0 Å². The third kappa shape index (κ3) is 10.6. The molecule has 0 aliphatic carbocycles. The number of ether oxygens (including phenoxy) is 7. The SMILES string of the molecule is O=C1c2ccc3c4c(ccc(c24)C(=O)N1CCOCCO)C(=O)N(CCOCCOCCOCCn1cc(CCCCOc2cc4ccc5cc(OCCOCCO)cc6ccc(c2)c4c56)nn1)C3=O. The summed E-state index contributed by atoms with van der Waals surface area (Å²) < 4.78 is 41.5. The van der Waals surface area contributed by atoms with Crippen molar-refractivity contribution in [3.05, 3.63) is 107 Å². The number of nitrogens with zero attached hydrogens (tertiary/aromatic N) is 5. The highest BCUT2D eigenvalue weighted by Crippen LogP contribution is 2.40. The van der Waals surface area contributed by atoms with E-state index in [1.165, 1.54) is 35.0 Å². The third-order valence-electron chi connectivity index (χ3n) is 12.3. The molecule has 2 aliphatic rings. The second kappa shape index (κ2) is 22.9. The molecule has 18 heteroatoms. The van der Waals surface area contributed by atoms with Crippen molar-refractivity contribution in [3.63, 3.8) is 0 Å². The standard InChI is InChI=1S/C52H55N5O13/c58-15-21-64-19-13-56-49(60)41-8-10-43-48-44(11-9-42(47(41)48)50(56)61)52(63)57(51(43)62)14-20-66-24-26-68-25-23-65-18-12-55-33-38(53-54-55)3-1-2-17-69-39-29-34-4-6-36-31-40(70-28-27-67-22-16-59)32-37-7-5-35(30-39)45(34)46(36)37/h4-11,29-33,58-59H,1-3,12-28H2. The van der Waals surface area contributed by atoms with Gasteiger partial charge in [0.2, 0.25) is 0 Å². The van der Waals surface area contributed by atoms with Crippen LogP contribution in [0.2, 0.25) is 0 Å². The zero-order chi connectivity index (χ0) is 48.4. The fourth-order valence-electron chi connectivity index (χ4n) is 9.05. The molecule has 0 unspecified atom stereocenters. The van der Waals surface area contributed by atoms with Gasteiger partial charge < -0.3 is 43.4 Å². The van der Waals surface area contributed by atoms with E-state index in [0.717, 1.165) is 67.8 Å². The number of carbonyl (C=O) groups is 4. The lowest BCUT2D eigenvalue weighted by atomic mass is 9.86. The van der Waals surface area contributed by atoms with Gasteiger partial charge in [0.25, 0.3) is 23.6 Å². The van der Waals surface area contributed by atoms with Gasteiger partial charge in [-0.25, -0.2) is 4.68 Å². The van der Waals surface area contributed by atoms with Gasteiger partial charge in [-0.05, 0) is 100 Å². The number of hydrogen-bond donors (Lipinski definition) is 2. The Morgan fingerprint density at radius 1 is 0.429 bits per heavy atom. The van der Waals surface area contributed by atoms with E-state index >= 15 is 0 Å². The van der Waals surface area contributed by atoms with Crippen LogP contribution >= 0.6 is 0 Å². The Labute approximate surface area is 402 Å². The molecule has 366 valence electrons. The molecule has 6 aromatic carbocycles. The molecule has 0 saturated carbocycles. The first-order chi connectivity index (χ1) is 34.3. The summed E-state index contributed by atoms with van der Waals surface area (Å²) in [5, 5.41) is 33.9. The molecule has 2 aliphatic heterocycles. The van der Waals surface area contributed by atoms with Crippen molar-refractivity contribution >= 4 is 66.7 Å². The summed E-state index contributed by atoms with van der Waals surface area (Å²) in [6, 6.07) is 22.9. The number of aliphatic hydroxyl groups excluding tert-OH is 2. The molecule has 18 nitrogen and oxygen atoms in total. The second-order valence-corrected chi connectivity index (χ2v) is 16.9. The molecule has 2 N–H and O–H groups in total. The molecule has 0 saturated heterocycles. The van der Waals surface area contributed by atoms with E-state index in [0.29, 0.717) is 70.2 Å². The fraction of sp³-hybridized carbons (Fsp3) is 0.385. The monoisotopic (exact) mass is 957 g/mol. The van der Waals surface area contributed by atoms with E-state index < -0.39 is 23.6 Å². The first-order valence-corrected chi connectivity index (χ1v) is 23.6. The number of aliphatic hydroxyl groups is 2. The van der Waals surface area contributed by atoms with Crippen LogP contribution in [0.4, 0.5) is 0 Å². The lowest BCUT2D eigenvalue weighted by Gasteiger charge is -2.31. The first-order valence-electron chi connectivity index (χ1n) is 23.6. The van der Waals surface area contributed by atoms with Crippen LogP contribution in [0.3, 0.4) is 0 Å². The number of hydrogen-bond acceptors (Lipinski definition) is 15. The zero-order valence-electron chi connectivity index (χ0n) is 38.8. The Morgan fingerprint density at radius 3 is 1.30 bits per heavy atom. The van der Waals surface area contributed by atoms with Gasteiger partial charge in [0.1, 0.15) is 18.1 Å². The maximum absolute atomic E-state index is 13.5. The zero-order valence-corrected chi connectivity index (χ0v) is 38.8. The van der Waals surface area contributed by atoms with Crippen LogP contribution < -0.4 is 9.47 Å². The number of carbonyl (C=O) groups excluding carboxylic acids is 4. The Hall–Kier alpha value is -6.64. The second-order valence-electron chi connectivity index (χ2n) is 16.9. The topological polar surface area (TPSA) is 211 Å². The minimum Gasteiger partial charge on any atom is -0.494 e. The molecule has 0 atom stereocenters. The average Bonchev–Trinajstić information content (AvgIpc) is 3.83. The van der Waals surface area contributed by atoms with E-state index in [1.54, 1.807) is 4.68 Å². The quantitative estimate of drug-likeness (QED) is 0.0357. The summed E-state index contributed by atoms with van der Waals surface area (Å²) in [7, 11) is 0. The summed E-state index contributed by atoms with van der Waals surface area (Å²) in [4.78, 5) is 55.9.